The summed E-state index contributed by atoms with van der Waals surface area (Å²) < 4.78 is 0. The molecule has 0 saturated heterocycles. The van der Waals surface area contributed by atoms with Crippen molar-refractivity contribution in [1.82, 2.24) is 4.98 Å². The zero-order valence-electron chi connectivity index (χ0n) is 12.6. The molecule has 2 heterocycles. The molecule has 2 aromatic heterocycles. The van der Waals surface area contributed by atoms with Gasteiger partial charge in [-0.2, -0.15) is 5.26 Å². The second kappa shape index (κ2) is 7.32. The first-order chi connectivity index (χ1) is 11.3. The first-order valence-electron chi connectivity index (χ1n) is 7.21. The van der Waals surface area contributed by atoms with Crippen LogP contribution in [0.5, 0.6) is 0 Å². The van der Waals surface area contributed by atoms with Crippen LogP contribution < -0.4 is 0 Å². The summed E-state index contributed by atoms with van der Waals surface area (Å²) in [4.78, 5) is 10.3. The number of thiazole rings is 1. The number of thiophene rings is 1. The van der Waals surface area contributed by atoms with E-state index in [0.717, 1.165) is 16.3 Å². The van der Waals surface area contributed by atoms with E-state index in [2.05, 4.69) is 29.3 Å². The van der Waals surface area contributed by atoms with Gasteiger partial charge in [-0.25, -0.2) is 4.98 Å². The molecule has 3 rings (SSSR count). The number of aryl methyl sites for hydroxylation is 1. The lowest BCUT2D eigenvalue weighted by molar-refractivity contribution is 0.890. The number of aliphatic imine (C=N–C) groups is 1. The van der Waals surface area contributed by atoms with E-state index in [1.165, 1.54) is 16.2 Å². The molecule has 0 saturated carbocycles. The summed E-state index contributed by atoms with van der Waals surface area (Å²) in [5.41, 5.74) is 2.06. The minimum Gasteiger partial charge on any atom is -0.282 e. The van der Waals surface area contributed by atoms with Gasteiger partial charge in [0.2, 0.25) is 0 Å². The average molecular weight is 337 g/mol. The molecule has 23 heavy (non-hydrogen) atoms. The summed E-state index contributed by atoms with van der Waals surface area (Å²) in [6, 6.07) is 16.5. The molecule has 0 unspecified atom stereocenters. The molecule has 0 fully saturated rings. The molecule has 0 radical (unpaired) electrons. The maximum atomic E-state index is 9.43. The number of benzene rings is 1. The molecule has 0 spiro atoms. The van der Waals surface area contributed by atoms with Gasteiger partial charge in [0, 0.05) is 22.2 Å². The van der Waals surface area contributed by atoms with Crippen LogP contribution in [0, 0.1) is 18.3 Å². The molecular weight excluding hydrogens is 322 g/mol. The Bertz CT molecular complexity index is 814. The SMILES string of the molecule is Cc1csc([C@@H](C#N)C=N[C@H](c2ccccc2)c2cccs2)n1. The summed E-state index contributed by atoms with van der Waals surface area (Å²) in [6.07, 6.45) is 1.73. The fourth-order valence-electron chi connectivity index (χ4n) is 2.25. The van der Waals surface area contributed by atoms with E-state index in [0.29, 0.717) is 0 Å². The minimum absolute atomic E-state index is 0.0758. The van der Waals surface area contributed by atoms with Gasteiger partial charge in [0.15, 0.2) is 0 Å². The van der Waals surface area contributed by atoms with Crippen LogP contribution in [0.1, 0.15) is 33.1 Å². The van der Waals surface area contributed by atoms with Crippen LogP contribution >= 0.6 is 22.7 Å². The maximum absolute atomic E-state index is 9.43. The summed E-state index contributed by atoms with van der Waals surface area (Å²) >= 11 is 3.18. The summed E-state index contributed by atoms with van der Waals surface area (Å²) in [6.45, 7) is 1.93. The highest BCUT2D eigenvalue weighted by molar-refractivity contribution is 7.10. The van der Waals surface area contributed by atoms with Crippen LogP contribution in [-0.4, -0.2) is 11.2 Å². The Morgan fingerprint density at radius 1 is 1.17 bits per heavy atom. The number of rotatable bonds is 5. The lowest BCUT2D eigenvalue weighted by Gasteiger charge is -2.11. The number of aromatic nitrogens is 1. The van der Waals surface area contributed by atoms with Gasteiger partial charge in [-0.3, -0.25) is 4.99 Å². The fraction of sp³-hybridized carbons (Fsp3) is 0.167. The molecule has 114 valence electrons. The zero-order valence-corrected chi connectivity index (χ0v) is 14.2. The molecule has 5 heteroatoms. The Morgan fingerprint density at radius 2 is 2.00 bits per heavy atom. The Morgan fingerprint density at radius 3 is 2.61 bits per heavy atom. The van der Waals surface area contributed by atoms with E-state index in [1.807, 2.05) is 41.9 Å². The molecule has 0 bridgehead atoms. The van der Waals surface area contributed by atoms with Crippen molar-refractivity contribution in [3.63, 3.8) is 0 Å². The van der Waals surface area contributed by atoms with E-state index in [-0.39, 0.29) is 6.04 Å². The van der Waals surface area contributed by atoms with Crippen LogP contribution in [0.3, 0.4) is 0 Å². The second-order valence-corrected chi connectivity index (χ2v) is 6.93. The van der Waals surface area contributed by atoms with Gasteiger partial charge < -0.3 is 0 Å². The van der Waals surface area contributed by atoms with Crippen molar-refractivity contribution in [2.45, 2.75) is 18.9 Å². The van der Waals surface area contributed by atoms with Crippen molar-refractivity contribution >= 4 is 28.9 Å². The van der Waals surface area contributed by atoms with Crippen LogP contribution in [0.4, 0.5) is 0 Å². The molecule has 2 atom stereocenters. The third-order valence-corrected chi connectivity index (χ3v) is 5.32. The van der Waals surface area contributed by atoms with Gasteiger partial charge in [0.1, 0.15) is 17.0 Å². The van der Waals surface area contributed by atoms with Crippen molar-refractivity contribution < 1.29 is 0 Å². The molecule has 0 aliphatic rings. The monoisotopic (exact) mass is 337 g/mol. The van der Waals surface area contributed by atoms with Crippen molar-refractivity contribution in [2.75, 3.05) is 0 Å². The number of hydrogen-bond donors (Lipinski definition) is 0. The molecule has 0 amide bonds. The van der Waals surface area contributed by atoms with E-state index < -0.39 is 5.92 Å². The highest BCUT2D eigenvalue weighted by Gasteiger charge is 2.16. The number of nitriles is 1. The summed E-state index contributed by atoms with van der Waals surface area (Å²) in [5.74, 6) is -0.403. The van der Waals surface area contributed by atoms with Crippen LogP contribution in [0.2, 0.25) is 0 Å². The van der Waals surface area contributed by atoms with Gasteiger partial charge in [-0.15, -0.1) is 22.7 Å². The third-order valence-electron chi connectivity index (χ3n) is 3.35. The van der Waals surface area contributed by atoms with Crippen molar-refractivity contribution in [2.24, 2.45) is 4.99 Å². The van der Waals surface area contributed by atoms with Crippen LogP contribution in [0.15, 0.2) is 58.2 Å². The smallest absolute Gasteiger partial charge is 0.133 e. The highest BCUT2D eigenvalue weighted by atomic mass is 32.1. The Balaban J connectivity index is 1.91. The van der Waals surface area contributed by atoms with Gasteiger partial charge in [-0.05, 0) is 23.9 Å². The average Bonchev–Trinajstić information content (AvgIpc) is 3.24. The van der Waals surface area contributed by atoms with Gasteiger partial charge >= 0.3 is 0 Å². The standard InChI is InChI=1S/C18H15N3S2/c1-13-12-23-18(21-13)15(10-19)11-20-17(16-8-5-9-22-16)14-6-3-2-4-7-14/h2-9,11-12,15,17H,1H3/t15-,17+/m0/s1. The van der Waals surface area contributed by atoms with E-state index in [9.17, 15) is 5.26 Å². The maximum Gasteiger partial charge on any atom is 0.133 e. The quantitative estimate of drug-likeness (QED) is 0.616. The van der Waals surface area contributed by atoms with Crippen molar-refractivity contribution in [3.8, 4) is 6.07 Å². The van der Waals surface area contributed by atoms with Crippen molar-refractivity contribution in [3.05, 3.63) is 74.4 Å². The minimum atomic E-state index is -0.403. The van der Waals surface area contributed by atoms with E-state index >= 15 is 0 Å². The second-order valence-electron chi connectivity index (χ2n) is 5.06. The third kappa shape index (κ3) is 3.73. The van der Waals surface area contributed by atoms with E-state index in [1.54, 1.807) is 17.6 Å². The normalized spacial score (nSPS) is 13.7. The van der Waals surface area contributed by atoms with Gasteiger partial charge in [-0.1, -0.05) is 36.4 Å². The fourth-order valence-corrected chi connectivity index (χ4v) is 3.84. The molecule has 1 aromatic carbocycles. The molecular formula is C18H15N3S2. The number of hydrogen-bond acceptors (Lipinski definition) is 5. The number of nitrogens with zero attached hydrogens (tertiary/aromatic N) is 3. The lowest BCUT2D eigenvalue weighted by Crippen LogP contribution is -2.01. The molecule has 3 nitrogen and oxygen atoms in total. The highest BCUT2D eigenvalue weighted by Crippen LogP contribution is 2.30. The Kier molecular flexibility index (Phi) is 4.96. The van der Waals surface area contributed by atoms with Crippen molar-refractivity contribution in [1.29, 1.82) is 5.26 Å². The van der Waals surface area contributed by atoms with Gasteiger partial charge in [0.25, 0.3) is 0 Å². The molecule has 0 N–H and O–H groups in total. The predicted molar refractivity (Wildman–Crippen MR) is 96.3 cm³/mol. The first kappa shape index (κ1) is 15.6. The zero-order chi connectivity index (χ0) is 16.1. The summed E-state index contributed by atoms with van der Waals surface area (Å²) in [5, 5.41) is 14.2. The first-order valence-corrected chi connectivity index (χ1v) is 8.97. The van der Waals surface area contributed by atoms with Gasteiger partial charge in [0.05, 0.1) is 6.07 Å². The Labute approximate surface area is 143 Å². The lowest BCUT2D eigenvalue weighted by atomic mass is 10.1. The Hall–Kier alpha value is -2.29. The topological polar surface area (TPSA) is 49.0 Å². The predicted octanol–water partition coefficient (Wildman–Crippen LogP) is 4.98. The summed E-state index contributed by atoms with van der Waals surface area (Å²) in [7, 11) is 0. The van der Waals surface area contributed by atoms with E-state index in [4.69, 9.17) is 4.99 Å². The molecule has 3 aromatic rings. The van der Waals surface area contributed by atoms with Crippen LogP contribution in [0.25, 0.3) is 0 Å². The molecule has 0 aliphatic carbocycles. The largest absolute Gasteiger partial charge is 0.282 e. The molecule has 0 aliphatic heterocycles. The van der Waals surface area contributed by atoms with Crippen LogP contribution in [-0.2, 0) is 0 Å².